The van der Waals surface area contributed by atoms with E-state index in [-0.39, 0.29) is 6.10 Å². The lowest BCUT2D eigenvalue weighted by molar-refractivity contribution is 0.178. The number of aliphatic hydroxyl groups excluding tert-OH is 1. The van der Waals surface area contributed by atoms with E-state index in [0.29, 0.717) is 5.92 Å². The van der Waals surface area contributed by atoms with Gasteiger partial charge in [0.2, 0.25) is 0 Å². The summed E-state index contributed by atoms with van der Waals surface area (Å²) < 4.78 is 0.886. The maximum absolute atomic E-state index is 9.35. The van der Waals surface area contributed by atoms with Crippen molar-refractivity contribution in [1.82, 2.24) is 4.98 Å². The van der Waals surface area contributed by atoms with Gasteiger partial charge in [0.05, 0.1) is 6.10 Å². The van der Waals surface area contributed by atoms with Crippen LogP contribution in [0.2, 0.25) is 0 Å². The first-order valence-electron chi connectivity index (χ1n) is 4.77. The minimum absolute atomic E-state index is 0.0789. The van der Waals surface area contributed by atoms with Crippen LogP contribution < -0.4 is 5.32 Å². The molecule has 2 N–H and O–H groups in total. The first kappa shape index (κ1) is 10.4. The van der Waals surface area contributed by atoms with Crippen molar-refractivity contribution in [2.45, 2.75) is 25.4 Å². The first-order chi connectivity index (χ1) is 6.74. The number of hydrogen-bond acceptors (Lipinski definition) is 4. The molecule has 0 spiro atoms. The summed E-state index contributed by atoms with van der Waals surface area (Å²) in [5.41, 5.74) is 0. The lowest BCUT2D eigenvalue weighted by Gasteiger charge is -2.09. The van der Waals surface area contributed by atoms with Crippen LogP contribution in [-0.2, 0) is 0 Å². The fraction of sp³-hybridized carbons (Fsp3) is 0.667. The molecule has 1 saturated carbocycles. The van der Waals surface area contributed by atoms with Crippen LogP contribution in [-0.4, -0.2) is 22.7 Å². The number of halogens is 1. The van der Waals surface area contributed by atoms with E-state index in [1.807, 2.05) is 5.38 Å². The maximum Gasteiger partial charge on any atom is 0.183 e. The number of anilines is 1. The average molecular weight is 277 g/mol. The highest BCUT2D eigenvalue weighted by molar-refractivity contribution is 9.10. The van der Waals surface area contributed by atoms with Gasteiger partial charge in [0.15, 0.2) is 5.13 Å². The van der Waals surface area contributed by atoms with Crippen molar-refractivity contribution < 1.29 is 5.11 Å². The van der Waals surface area contributed by atoms with Gasteiger partial charge in [-0.05, 0) is 41.1 Å². The average Bonchev–Trinajstić information content (AvgIpc) is 2.72. The summed E-state index contributed by atoms with van der Waals surface area (Å²) in [6, 6.07) is 0. The van der Waals surface area contributed by atoms with Crippen molar-refractivity contribution in [2.75, 3.05) is 11.9 Å². The van der Waals surface area contributed by atoms with Gasteiger partial charge in [0, 0.05) is 11.9 Å². The molecular weight excluding hydrogens is 264 g/mol. The summed E-state index contributed by atoms with van der Waals surface area (Å²) >= 11 is 4.92. The number of nitrogens with one attached hydrogen (secondary N) is 1. The van der Waals surface area contributed by atoms with Crippen LogP contribution in [0.1, 0.15) is 19.3 Å². The SMILES string of the molecule is OC1CCC(CNc2nc(Br)cs2)C1. The molecule has 14 heavy (non-hydrogen) atoms. The number of rotatable bonds is 3. The van der Waals surface area contributed by atoms with Gasteiger partial charge < -0.3 is 10.4 Å². The molecule has 0 radical (unpaired) electrons. The second-order valence-corrected chi connectivity index (χ2v) is 5.36. The smallest absolute Gasteiger partial charge is 0.183 e. The molecule has 1 heterocycles. The molecule has 0 aromatic carbocycles. The molecule has 1 aromatic heterocycles. The molecule has 3 nitrogen and oxygen atoms in total. The van der Waals surface area contributed by atoms with Crippen molar-refractivity contribution >= 4 is 32.4 Å². The van der Waals surface area contributed by atoms with Crippen molar-refractivity contribution in [2.24, 2.45) is 5.92 Å². The Morgan fingerprint density at radius 3 is 3.07 bits per heavy atom. The topological polar surface area (TPSA) is 45.1 Å². The number of aromatic nitrogens is 1. The molecule has 0 amide bonds. The third-order valence-electron chi connectivity index (χ3n) is 2.53. The highest BCUT2D eigenvalue weighted by Crippen LogP contribution is 2.26. The summed E-state index contributed by atoms with van der Waals surface area (Å²) in [5, 5.41) is 15.6. The molecule has 2 unspecified atom stereocenters. The lowest BCUT2D eigenvalue weighted by atomic mass is 10.1. The lowest BCUT2D eigenvalue weighted by Crippen LogP contribution is -2.12. The Morgan fingerprint density at radius 1 is 1.64 bits per heavy atom. The Labute approximate surface area is 95.7 Å². The van der Waals surface area contributed by atoms with Crippen molar-refractivity contribution in [3.63, 3.8) is 0 Å². The summed E-state index contributed by atoms with van der Waals surface area (Å²) in [6.07, 6.45) is 2.93. The molecule has 78 valence electrons. The van der Waals surface area contributed by atoms with Gasteiger partial charge in [-0.15, -0.1) is 11.3 Å². The molecule has 0 saturated heterocycles. The summed E-state index contributed by atoms with van der Waals surface area (Å²) in [6.45, 7) is 0.928. The summed E-state index contributed by atoms with van der Waals surface area (Å²) in [4.78, 5) is 4.25. The summed E-state index contributed by atoms with van der Waals surface area (Å²) in [5.74, 6) is 0.604. The normalized spacial score (nSPS) is 26.7. The second kappa shape index (κ2) is 4.59. The Hall–Kier alpha value is -0.130. The van der Waals surface area contributed by atoms with Crippen LogP contribution in [0.5, 0.6) is 0 Å². The van der Waals surface area contributed by atoms with Crippen LogP contribution in [0.3, 0.4) is 0 Å². The Bertz CT molecular complexity index is 305. The maximum atomic E-state index is 9.35. The number of aliphatic hydroxyl groups is 1. The van der Waals surface area contributed by atoms with E-state index in [9.17, 15) is 5.11 Å². The number of nitrogens with zero attached hydrogens (tertiary/aromatic N) is 1. The molecule has 1 aromatic rings. The van der Waals surface area contributed by atoms with Gasteiger partial charge in [0.25, 0.3) is 0 Å². The van der Waals surface area contributed by atoms with Crippen LogP contribution in [0.4, 0.5) is 5.13 Å². The van der Waals surface area contributed by atoms with E-state index < -0.39 is 0 Å². The number of hydrogen-bond donors (Lipinski definition) is 2. The van der Waals surface area contributed by atoms with Gasteiger partial charge >= 0.3 is 0 Å². The highest BCUT2D eigenvalue weighted by atomic mass is 79.9. The number of thiazole rings is 1. The standard InChI is InChI=1S/C9H13BrN2OS/c10-8-5-14-9(12-8)11-4-6-1-2-7(13)3-6/h5-7,13H,1-4H2,(H,11,12). The van der Waals surface area contributed by atoms with Crippen LogP contribution in [0.25, 0.3) is 0 Å². The third kappa shape index (κ3) is 2.68. The minimum Gasteiger partial charge on any atom is -0.393 e. The zero-order valence-corrected chi connectivity index (χ0v) is 10.1. The van der Waals surface area contributed by atoms with Gasteiger partial charge in [-0.1, -0.05) is 0 Å². The monoisotopic (exact) mass is 276 g/mol. The van der Waals surface area contributed by atoms with E-state index in [2.05, 4.69) is 26.2 Å². The largest absolute Gasteiger partial charge is 0.393 e. The van der Waals surface area contributed by atoms with E-state index in [0.717, 1.165) is 35.5 Å². The van der Waals surface area contributed by atoms with E-state index in [1.54, 1.807) is 11.3 Å². The predicted molar refractivity (Wildman–Crippen MR) is 61.7 cm³/mol. The molecule has 2 rings (SSSR count). The third-order valence-corrected chi connectivity index (χ3v) is 4.04. The van der Waals surface area contributed by atoms with Crippen molar-refractivity contribution in [1.29, 1.82) is 0 Å². The quantitative estimate of drug-likeness (QED) is 0.892. The van der Waals surface area contributed by atoms with Gasteiger partial charge in [-0.3, -0.25) is 0 Å². The van der Waals surface area contributed by atoms with Crippen molar-refractivity contribution in [3.05, 3.63) is 9.98 Å². The molecule has 0 bridgehead atoms. The van der Waals surface area contributed by atoms with Gasteiger partial charge in [0.1, 0.15) is 4.60 Å². The fourth-order valence-corrected chi connectivity index (χ4v) is 2.96. The zero-order chi connectivity index (χ0) is 9.97. The molecular formula is C9H13BrN2OS. The van der Waals surface area contributed by atoms with E-state index in [1.165, 1.54) is 0 Å². The molecule has 5 heteroatoms. The van der Waals surface area contributed by atoms with Crippen LogP contribution in [0.15, 0.2) is 9.98 Å². The van der Waals surface area contributed by atoms with Gasteiger partial charge in [-0.25, -0.2) is 4.98 Å². The molecule has 1 aliphatic carbocycles. The van der Waals surface area contributed by atoms with E-state index >= 15 is 0 Å². The summed E-state index contributed by atoms with van der Waals surface area (Å²) in [7, 11) is 0. The first-order valence-corrected chi connectivity index (χ1v) is 6.44. The van der Waals surface area contributed by atoms with Crippen LogP contribution >= 0.6 is 27.3 Å². The van der Waals surface area contributed by atoms with Crippen LogP contribution in [0, 0.1) is 5.92 Å². The highest BCUT2D eigenvalue weighted by Gasteiger charge is 2.22. The predicted octanol–water partition coefficient (Wildman–Crippen LogP) is 2.48. The molecule has 0 aliphatic heterocycles. The Kier molecular flexibility index (Phi) is 3.41. The van der Waals surface area contributed by atoms with Gasteiger partial charge in [-0.2, -0.15) is 0 Å². The van der Waals surface area contributed by atoms with E-state index in [4.69, 9.17) is 0 Å². The minimum atomic E-state index is -0.0789. The zero-order valence-electron chi connectivity index (χ0n) is 7.74. The second-order valence-electron chi connectivity index (χ2n) is 3.69. The van der Waals surface area contributed by atoms with Crippen molar-refractivity contribution in [3.8, 4) is 0 Å². The molecule has 1 fully saturated rings. The Morgan fingerprint density at radius 2 is 2.50 bits per heavy atom. The Balaban J connectivity index is 1.77. The molecule has 1 aliphatic rings. The molecule has 2 atom stereocenters. The fourth-order valence-electron chi connectivity index (χ4n) is 1.80.